The van der Waals surface area contributed by atoms with E-state index in [-0.39, 0.29) is 0 Å². The molecule has 0 spiro atoms. The average molecular weight is 316 g/mol. The monoisotopic (exact) mass is 316 g/mol. The van der Waals surface area contributed by atoms with Crippen molar-refractivity contribution in [2.24, 2.45) is 10.7 Å². The summed E-state index contributed by atoms with van der Waals surface area (Å²) in [7, 11) is 1.64. The highest BCUT2D eigenvalue weighted by Crippen LogP contribution is 2.19. The molecule has 2 aromatic carbocycles. The van der Waals surface area contributed by atoms with E-state index in [4.69, 9.17) is 15.2 Å². The molecule has 0 aromatic heterocycles. The van der Waals surface area contributed by atoms with Crippen LogP contribution < -0.4 is 15.2 Å². The number of nitrogens with two attached hydrogens (primary N) is 1. The normalized spacial score (nSPS) is 11.3. The molecular formula is C17H20N2O2S. The Bertz CT molecular complexity index is 627. The minimum Gasteiger partial charge on any atom is -0.497 e. The maximum Gasteiger partial charge on any atom is 0.159 e. The van der Waals surface area contributed by atoms with Crippen molar-refractivity contribution in [1.29, 1.82) is 0 Å². The first kappa shape index (κ1) is 16.2. The lowest BCUT2D eigenvalue weighted by Crippen LogP contribution is -2.10. The van der Waals surface area contributed by atoms with Gasteiger partial charge in [-0.1, -0.05) is 23.9 Å². The number of methoxy groups -OCH3 is 1. The van der Waals surface area contributed by atoms with Gasteiger partial charge in [-0.3, -0.25) is 0 Å². The van der Waals surface area contributed by atoms with Gasteiger partial charge in [0.2, 0.25) is 0 Å². The van der Waals surface area contributed by atoms with Crippen LogP contribution in [0.1, 0.15) is 5.56 Å². The highest BCUT2D eigenvalue weighted by molar-refractivity contribution is 8.13. The molecule has 2 aromatic rings. The number of nitrogens with zero attached hydrogens (tertiary/aromatic N) is 1. The molecule has 0 aliphatic rings. The van der Waals surface area contributed by atoms with Gasteiger partial charge in [0.15, 0.2) is 5.17 Å². The molecule has 0 aliphatic heterocycles. The first-order valence-corrected chi connectivity index (χ1v) is 7.96. The summed E-state index contributed by atoms with van der Waals surface area (Å²) >= 11 is 1.48. The number of aryl methyl sites for hydroxylation is 1. The highest BCUT2D eigenvalue weighted by Gasteiger charge is 1.98. The maximum atomic E-state index is 5.91. The summed E-state index contributed by atoms with van der Waals surface area (Å²) in [5.74, 6) is 2.43. The minimum absolute atomic E-state index is 0.526. The van der Waals surface area contributed by atoms with Crippen molar-refractivity contribution < 1.29 is 9.47 Å². The van der Waals surface area contributed by atoms with E-state index in [1.165, 1.54) is 17.3 Å². The van der Waals surface area contributed by atoms with E-state index in [2.05, 4.69) is 4.99 Å². The number of hydrogen-bond donors (Lipinski definition) is 1. The molecule has 5 heteroatoms. The van der Waals surface area contributed by atoms with Gasteiger partial charge >= 0.3 is 0 Å². The van der Waals surface area contributed by atoms with Crippen LogP contribution in [0.4, 0.5) is 5.69 Å². The Balaban J connectivity index is 1.77. The first-order valence-electron chi connectivity index (χ1n) is 6.98. The fourth-order valence-electron chi connectivity index (χ4n) is 1.83. The smallest absolute Gasteiger partial charge is 0.159 e. The molecule has 0 saturated heterocycles. The zero-order valence-electron chi connectivity index (χ0n) is 12.8. The quantitative estimate of drug-likeness (QED) is 0.501. The SMILES string of the molecule is COc1ccc(N=C(N)SCCOc2cccc(C)c2)cc1. The van der Waals surface area contributed by atoms with Crippen LogP contribution in [0.3, 0.4) is 0 Å². The summed E-state index contributed by atoms with van der Waals surface area (Å²) in [6.45, 7) is 2.63. The van der Waals surface area contributed by atoms with Crippen LogP contribution in [0.25, 0.3) is 0 Å². The molecule has 0 saturated carbocycles. The third-order valence-corrected chi connectivity index (χ3v) is 3.66. The van der Waals surface area contributed by atoms with Crippen molar-refractivity contribution in [1.82, 2.24) is 0 Å². The van der Waals surface area contributed by atoms with Crippen molar-refractivity contribution in [3.63, 3.8) is 0 Å². The number of aliphatic imine (C=N–C) groups is 1. The second-order valence-electron chi connectivity index (χ2n) is 4.66. The highest BCUT2D eigenvalue weighted by atomic mass is 32.2. The third kappa shape index (κ3) is 5.33. The number of ether oxygens (including phenoxy) is 2. The summed E-state index contributed by atoms with van der Waals surface area (Å²) in [4.78, 5) is 4.34. The summed E-state index contributed by atoms with van der Waals surface area (Å²) in [5.41, 5.74) is 7.90. The topological polar surface area (TPSA) is 56.8 Å². The number of benzene rings is 2. The fraction of sp³-hybridized carbons (Fsp3) is 0.235. The van der Waals surface area contributed by atoms with Crippen molar-refractivity contribution in [3.05, 3.63) is 54.1 Å². The molecule has 4 nitrogen and oxygen atoms in total. The van der Waals surface area contributed by atoms with E-state index in [0.717, 1.165) is 22.9 Å². The molecule has 0 fully saturated rings. The Morgan fingerprint density at radius 3 is 2.59 bits per heavy atom. The second kappa shape index (κ2) is 8.34. The molecule has 2 N–H and O–H groups in total. The summed E-state index contributed by atoms with van der Waals surface area (Å²) in [6.07, 6.45) is 0. The van der Waals surface area contributed by atoms with Gasteiger partial charge in [0.1, 0.15) is 11.5 Å². The lowest BCUT2D eigenvalue weighted by Gasteiger charge is -2.06. The van der Waals surface area contributed by atoms with E-state index < -0.39 is 0 Å². The summed E-state index contributed by atoms with van der Waals surface area (Å²) in [6, 6.07) is 15.4. The van der Waals surface area contributed by atoms with Crippen molar-refractivity contribution in [2.75, 3.05) is 19.5 Å². The second-order valence-corrected chi connectivity index (χ2v) is 5.78. The van der Waals surface area contributed by atoms with E-state index in [0.29, 0.717) is 11.8 Å². The first-order chi connectivity index (χ1) is 10.7. The Morgan fingerprint density at radius 2 is 1.91 bits per heavy atom. The largest absolute Gasteiger partial charge is 0.497 e. The zero-order valence-corrected chi connectivity index (χ0v) is 13.6. The van der Waals surface area contributed by atoms with Crippen LogP contribution in [-0.4, -0.2) is 24.6 Å². The summed E-state index contributed by atoms with van der Waals surface area (Å²) in [5, 5.41) is 0.526. The Morgan fingerprint density at radius 1 is 1.14 bits per heavy atom. The zero-order chi connectivity index (χ0) is 15.8. The molecule has 0 aliphatic carbocycles. The molecule has 0 radical (unpaired) electrons. The van der Waals surface area contributed by atoms with Gasteiger partial charge in [-0.2, -0.15) is 0 Å². The molecule has 2 rings (SSSR count). The van der Waals surface area contributed by atoms with Gasteiger partial charge in [0.05, 0.1) is 19.4 Å². The molecule has 116 valence electrons. The number of thioether (sulfide) groups is 1. The molecule has 0 amide bonds. The summed E-state index contributed by atoms with van der Waals surface area (Å²) < 4.78 is 10.8. The van der Waals surface area contributed by atoms with Gasteiger partial charge < -0.3 is 15.2 Å². The average Bonchev–Trinajstić information content (AvgIpc) is 2.52. The van der Waals surface area contributed by atoms with Crippen LogP contribution in [-0.2, 0) is 0 Å². The molecule has 0 bridgehead atoms. The molecule has 0 heterocycles. The lowest BCUT2D eigenvalue weighted by atomic mass is 10.2. The minimum atomic E-state index is 0.526. The van der Waals surface area contributed by atoms with Crippen molar-refractivity contribution >= 4 is 22.6 Å². The number of amidine groups is 1. The van der Waals surface area contributed by atoms with Gasteiger partial charge in [-0.15, -0.1) is 0 Å². The Kier molecular flexibility index (Phi) is 6.15. The lowest BCUT2D eigenvalue weighted by molar-refractivity contribution is 0.344. The van der Waals surface area contributed by atoms with E-state index >= 15 is 0 Å². The van der Waals surface area contributed by atoms with Gasteiger partial charge in [-0.25, -0.2) is 4.99 Å². The molecular weight excluding hydrogens is 296 g/mol. The van der Waals surface area contributed by atoms with E-state index in [9.17, 15) is 0 Å². The third-order valence-electron chi connectivity index (χ3n) is 2.90. The Labute approximate surface area is 135 Å². The molecule has 0 unspecified atom stereocenters. The van der Waals surface area contributed by atoms with Crippen LogP contribution in [0.2, 0.25) is 0 Å². The van der Waals surface area contributed by atoms with Gasteiger partial charge in [-0.05, 0) is 48.9 Å². The predicted octanol–water partition coefficient (Wildman–Crippen LogP) is 3.76. The number of hydrogen-bond acceptors (Lipinski definition) is 4. The van der Waals surface area contributed by atoms with Gasteiger partial charge in [0.25, 0.3) is 0 Å². The van der Waals surface area contributed by atoms with Crippen LogP contribution >= 0.6 is 11.8 Å². The fourth-order valence-corrected chi connectivity index (χ4v) is 2.37. The predicted molar refractivity (Wildman–Crippen MR) is 93.4 cm³/mol. The standard InChI is InChI=1S/C17H20N2O2S/c1-13-4-3-5-16(12-13)21-10-11-22-17(18)19-14-6-8-15(20-2)9-7-14/h3-9,12H,10-11H2,1-2H3,(H2,18,19). The van der Waals surface area contributed by atoms with Crippen LogP contribution in [0.5, 0.6) is 11.5 Å². The van der Waals surface area contributed by atoms with E-state index in [1.807, 2.05) is 55.5 Å². The number of rotatable bonds is 6. The Hall–Kier alpha value is -2.14. The molecule has 22 heavy (non-hydrogen) atoms. The van der Waals surface area contributed by atoms with Gasteiger partial charge in [0, 0.05) is 5.75 Å². The maximum absolute atomic E-state index is 5.91. The van der Waals surface area contributed by atoms with Crippen LogP contribution in [0, 0.1) is 6.92 Å². The van der Waals surface area contributed by atoms with Crippen molar-refractivity contribution in [2.45, 2.75) is 6.92 Å². The van der Waals surface area contributed by atoms with Crippen LogP contribution in [0.15, 0.2) is 53.5 Å². The van der Waals surface area contributed by atoms with Crippen molar-refractivity contribution in [3.8, 4) is 11.5 Å². The molecule has 0 atom stereocenters. The van der Waals surface area contributed by atoms with E-state index in [1.54, 1.807) is 7.11 Å².